The lowest BCUT2D eigenvalue weighted by molar-refractivity contribution is -0.155. The second kappa shape index (κ2) is 8.07. The van der Waals surface area contributed by atoms with Crippen LogP contribution in [0.4, 0.5) is 5.69 Å². The number of hydrogen-bond donors (Lipinski definition) is 1. The van der Waals surface area contributed by atoms with Crippen molar-refractivity contribution in [1.82, 2.24) is 0 Å². The Morgan fingerprint density at radius 1 is 1.13 bits per heavy atom. The van der Waals surface area contributed by atoms with E-state index in [4.69, 9.17) is 11.6 Å². The summed E-state index contributed by atoms with van der Waals surface area (Å²) >= 11 is 6.01. The van der Waals surface area contributed by atoms with E-state index >= 15 is 0 Å². The second-order valence-electron chi connectivity index (χ2n) is 9.63. The number of Topliss-reactive ketones (excluding diaryl/α,β-unsaturated/α-hetero) is 1. The molecule has 1 fully saturated rings. The maximum atomic E-state index is 13.7. The van der Waals surface area contributed by atoms with Crippen LogP contribution < -0.4 is 4.90 Å². The van der Waals surface area contributed by atoms with Gasteiger partial charge in [-0.25, -0.2) is 0 Å². The van der Waals surface area contributed by atoms with E-state index in [1.165, 1.54) is 0 Å². The van der Waals surface area contributed by atoms with Gasteiger partial charge in [0.25, 0.3) is 5.91 Å². The van der Waals surface area contributed by atoms with Crippen LogP contribution in [0.5, 0.6) is 0 Å². The van der Waals surface area contributed by atoms with Crippen LogP contribution in [-0.2, 0) is 21.7 Å². The molecule has 2 aromatic carbocycles. The summed E-state index contributed by atoms with van der Waals surface area (Å²) in [5, 5.41) is 12.6. The molecule has 0 bridgehead atoms. The highest BCUT2D eigenvalue weighted by molar-refractivity contribution is 6.30. The van der Waals surface area contributed by atoms with Crippen LogP contribution in [0.25, 0.3) is 0 Å². The van der Waals surface area contributed by atoms with Gasteiger partial charge in [0.2, 0.25) is 0 Å². The zero-order valence-electron chi connectivity index (χ0n) is 18.4. The predicted molar refractivity (Wildman–Crippen MR) is 123 cm³/mol. The molecular weight excluding hydrogens is 410 g/mol. The molecule has 2 aliphatic rings. The van der Waals surface area contributed by atoms with Gasteiger partial charge in [0.05, 0.1) is 18.2 Å². The molecule has 0 unspecified atom stereocenters. The molecule has 4 nitrogen and oxygen atoms in total. The normalized spacial score (nSPS) is 26.3. The first-order chi connectivity index (χ1) is 14.7. The van der Waals surface area contributed by atoms with Crippen molar-refractivity contribution < 1.29 is 14.7 Å². The average molecular weight is 440 g/mol. The molecule has 5 heteroatoms. The number of ketones is 1. The molecule has 3 atom stereocenters. The van der Waals surface area contributed by atoms with Crippen LogP contribution in [0.2, 0.25) is 5.02 Å². The van der Waals surface area contributed by atoms with Gasteiger partial charge < -0.3 is 10.0 Å². The number of hydrogen-bond acceptors (Lipinski definition) is 3. The Morgan fingerprint density at radius 3 is 2.48 bits per heavy atom. The molecular formula is C26H30ClNO3. The second-order valence-corrected chi connectivity index (χ2v) is 10.1. The zero-order chi connectivity index (χ0) is 22.4. The van der Waals surface area contributed by atoms with Gasteiger partial charge in [-0.2, -0.15) is 0 Å². The SMILES string of the molecule is CCC(C)(C)[C@@H]1CCC(=O)[C@H]([C@]2(O)C(=O)N(Cc3ccc(Cl)cc3)c3ccccc32)C1. The lowest BCUT2D eigenvalue weighted by atomic mass is 9.62. The molecule has 1 amide bonds. The Morgan fingerprint density at radius 2 is 1.81 bits per heavy atom. The van der Waals surface area contributed by atoms with Crippen molar-refractivity contribution in [3.63, 3.8) is 0 Å². The first-order valence-electron chi connectivity index (χ1n) is 11.1. The van der Waals surface area contributed by atoms with Crippen molar-refractivity contribution in [2.45, 2.75) is 58.6 Å². The van der Waals surface area contributed by atoms with Gasteiger partial charge in [-0.1, -0.05) is 69.1 Å². The van der Waals surface area contributed by atoms with Crippen LogP contribution in [0.15, 0.2) is 48.5 Å². The molecule has 1 saturated carbocycles. The highest BCUT2D eigenvalue weighted by atomic mass is 35.5. The number of amides is 1. The minimum absolute atomic E-state index is 0.0119. The number of rotatable bonds is 5. The maximum absolute atomic E-state index is 13.7. The lowest BCUT2D eigenvalue weighted by Gasteiger charge is -2.42. The van der Waals surface area contributed by atoms with Gasteiger partial charge in [-0.3, -0.25) is 9.59 Å². The molecule has 2 aromatic rings. The molecule has 1 aliphatic heterocycles. The minimum atomic E-state index is -1.82. The summed E-state index contributed by atoms with van der Waals surface area (Å²) in [6.45, 7) is 6.90. The topological polar surface area (TPSA) is 57.6 Å². The van der Waals surface area contributed by atoms with Crippen LogP contribution in [0.1, 0.15) is 57.6 Å². The van der Waals surface area contributed by atoms with Gasteiger partial charge >= 0.3 is 0 Å². The number of para-hydroxylation sites is 1. The molecule has 1 N–H and O–H groups in total. The van der Waals surface area contributed by atoms with Crippen LogP contribution >= 0.6 is 11.6 Å². The van der Waals surface area contributed by atoms with Crippen molar-refractivity contribution in [3.8, 4) is 0 Å². The fourth-order valence-corrected chi connectivity index (χ4v) is 5.28. The van der Waals surface area contributed by atoms with Crippen molar-refractivity contribution >= 4 is 29.0 Å². The molecule has 0 spiro atoms. The van der Waals surface area contributed by atoms with Gasteiger partial charge in [-0.05, 0) is 47.9 Å². The Balaban J connectivity index is 1.72. The summed E-state index contributed by atoms with van der Waals surface area (Å²) in [4.78, 5) is 28.4. The number of carbonyl (C=O) groups is 2. The first-order valence-corrected chi connectivity index (χ1v) is 11.5. The largest absolute Gasteiger partial charge is 0.375 e. The fraction of sp³-hybridized carbons (Fsp3) is 0.462. The van der Waals surface area contributed by atoms with E-state index in [9.17, 15) is 14.7 Å². The quantitative estimate of drug-likeness (QED) is 0.669. The van der Waals surface area contributed by atoms with E-state index in [0.29, 0.717) is 35.7 Å². The summed E-state index contributed by atoms with van der Waals surface area (Å²) in [6.07, 6.45) is 2.75. The third-order valence-corrected chi connectivity index (χ3v) is 7.85. The summed E-state index contributed by atoms with van der Waals surface area (Å²) in [5.74, 6) is -0.852. The number of benzene rings is 2. The Labute approximate surface area is 189 Å². The molecule has 1 heterocycles. The average Bonchev–Trinajstić information content (AvgIpc) is 2.98. The number of anilines is 1. The monoisotopic (exact) mass is 439 g/mol. The van der Waals surface area contributed by atoms with Gasteiger partial charge in [-0.15, -0.1) is 0 Å². The van der Waals surface area contributed by atoms with E-state index in [0.717, 1.165) is 18.4 Å². The number of aliphatic hydroxyl groups is 1. The van der Waals surface area contributed by atoms with Crippen LogP contribution in [-0.4, -0.2) is 16.8 Å². The summed E-state index contributed by atoms with van der Waals surface area (Å²) in [6, 6.07) is 14.7. The molecule has 0 radical (unpaired) electrons. The highest BCUT2D eigenvalue weighted by Gasteiger charge is 2.58. The molecule has 164 valence electrons. The Kier molecular flexibility index (Phi) is 5.74. The number of carbonyl (C=O) groups excluding carboxylic acids is 2. The van der Waals surface area contributed by atoms with E-state index in [1.807, 2.05) is 30.3 Å². The fourth-order valence-electron chi connectivity index (χ4n) is 5.15. The molecule has 0 saturated heterocycles. The Bertz CT molecular complexity index is 1000. The lowest BCUT2D eigenvalue weighted by Crippen LogP contribution is -2.51. The number of nitrogens with zero attached hydrogens (tertiary/aromatic N) is 1. The van der Waals surface area contributed by atoms with E-state index < -0.39 is 17.4 Å². The van der Waals surface area contributed by atoms with Crippen molar-refractivity contribution in [2.75, 3.05) is 4.90 Å². The van der Waals surface area contributed by atoms with Gasteiger partial charge in [0.1, 0.15) is 5.78 Å². The van der Waals surface area contributed by atoms with Gasteiger partial charge in [0, 0.05) is 17.0 Å². The molecule has 4 rings (SSSR count). The molecule has 31 heavy (non-hydrogen) atoms. The van der Waals surface area contributed by atoms with Crippen molar-refractivity contribution in [2.24, 2.45) is 17.3 Å². The first kappa shape index (κ1) is 22.0. The summed E-state index contributed by atoms with van der Waals surface area (Å²) in [7, 11) is 0. The smallest absolute Gasteiger partial charge is 0.264 e. The van der Waals surface area contributed by atoms with Gasteiger partial charge in [0.15, 0.2) is 5.60 Å². The predicted octanol–water partition coefficient (Wildman–Crippen LogP) is 5.50. The summed E-state index contributed by atoms with van der Waals surface area (Å²) < 4.78 is 0. The zero-order valence-corrected chi connectivity index (χ0v) is 19.2. The third-order valence-electron chi connectivity index (χ3n) is 7.60. The minimum Gasteiger partial charge on any atom is -0.375 e. The molecule has 0 aromatic heterocycles. The Hall–Kier alpha value is -2.17. The highest BCUT2D eigenvalue weighted by Crippen LogP contribution is 2.51. The van der Waals surface area contributed by atoms with E-state index in [-0.39, 0.29) is 17.1 Å². The number of halogens is 1. The third kappa shape index (κ3) is 3.70. The van der Waals surface area contributed by atoms with E-state index in [2.05, 4.69) is 20.8 Å². The maximum Gasteiger partial charge on any atom is 0.264 e. The number of fused-ring (bicyclic) bond motifs is 1. The summed E-state index contributed by atoms with van der Waals surface area (Å²) in [5.41, 5.74) is 0.371. The standard InChI is InChI=1S/C26H30ClNO3/c1-4-25(2,3)18-11-14-23(29)21(15-18)26(31)20-7-5-6-8-22(20)28(24(26)30)16-17-9-12-19(27)13-10-17/h5-10,12-13,18,21,31H,4,11,14-16H2,1-3H3/t18-,21-,26+/m1/s1. The van der Waals surface area contributed by atoms with Crippen LogP contribution in [0, 0.1) is 17.3 Å². The molecule has 1 aliphatic carbocycles. The van der Waals surface area contributed by atoms with E-state index in [1.54, 1.807) is 23.1 Å². The van der Waals surface area contributed by atoms with Crippen molar-refractivity contribution in [3.05, 3.63) is 64.7 Å². The van der Waals surface area contributed by atoms with Crippen molar-refractivity contribution in [1.29, 1.82) is 0 Å². The van der Waals surface area contributed by atoms with Crippen LogP contribution in [0.3, 0.4) is 0 Å².